The van der Waals surface area contributed by atoms with E-state index in [9.17, 15) is 13.2 Å². The minimum Gasteiger partial charge on any atom is -0.366 e. The lowest BCUT2D eigenvalue weighted by Gasteiger charge is -2.16. The summed E-state index contributed by atoms with van der Waals surface area (Å²) < 4.78 is 30.0. The molecule has 3 rings (SSSR count). The van der Waals surface area contributed by atoms with Crippen molar-refractivity contribution in [3.05, 3.63) is 77.5 Å². The zero-order valence-corrected chi connectivity index (χ0v) is 14.0. The molecule has 0 aromatic heterocycles. The molecular weight excluding hydrogens is 340 g/mol. The average Bonchev–Trinajstić information content (AvgIpc) is 2.54. The van der Waals surface area contributed by atoms with E-state index in [0.717, 1.165) is 5.56 Å². The molecule has 0 radical (unpaired) electrons. The molecule has 8 heteroatoms. The zero-order chi connectivity index (χ0) is 17.9. The monoisotopic (exact) mass is 356 g/mol. The maximum Gasteiger partial charge on any atom is 0.343 e. The second-order valence-electron chi connectivity index (χ2n) is 5.45. The Balaban J connectivity index is 1.81. The summed E-state index contributed by atoms with van der Waals surface area (Å²) in [6.45, 7) is 0. The minimum atomic E-state index is -3.81. The normalized spacial score (nSPS) is 15.5. The maximum atomic E-state index is 12.0. The molecule has 2 aromatic rings. The largest absolute Gasteiger partial charge is 0.366 e. The number of carbonyl (C=O) groups excluding carboxylic acids is 1. The number of hydrogen-bond donors (Lipinski definition) is 3. The molecular formula is C17H16N4O3S. The highest BCUT2D eigenvalue weighted by molar-refractivity contribution is 7.88. The lowest BCUT2D eigenvalue weighted by Crippen LogP contribution is -2.30. The van der Waals surface area contributed by atoms with E-state index in [2.05, 4.69) is 14.4 Å². The summed E-state index contributed by atoms with van der Waals surface area (Å²) in [5.41, 5.74) is 7.64. The smallest absolute Gasteiger partial charge is 0.343 e. The number of allylic oxidation sites excluding steroid dienone is 1. The average molecular weight is 356 g/mol. The minimum absolute atomic E-state index is 0.191. The molecule has 0 aliphatic carbocycles. The lowest BCUT2D eigenvalue weighted by atomic mass is 10.1. The van der Waals surface area contributed by atoms with Crippen LogP contribution < -0.4 is 15.8 Å². The van der Waals surface area contributed by atoms with E-state index in [4.69, 9.17) is 5.73 Å². The van der Waals surface area contributed by atoms with E-state index in [1.54, 1.807) is 30.3 Å². The van der Waals surface area contributed by atoms with Gasteiger partial charge in [-0.2, -0.15) is 8.42 Å². The van der Waals surface area contributed by atoms with Gasteiger partial charge in [-0.1, -0.05) is 30.3 Å². The van der Waals surface area contributed by atoms with Crippen molar-refractivity contribution in [2.75, 3.05) is 5.32 Å². The van der Waals surface area contributed by atoms with Crippen molar-refractivity contribution >= 4 is 27.6 Å². The van der Waals surface area contributed by atoms with E-state index >= 15 is 0 Å². The Morgan fingerprint density at radius 1 is 1.08 bits per heavy atom. The van der Waals surface area contributed by atoms with Crippen LogP contribution in [0, 0.1) is 0 Å². The van der Waals surface area contributed by atoms with Crippen LogP contribution in [0.2, 0.25) is 0 Å². The fourth-order valence-corrected chi connectivity index (χ4v) is 3.23. The molecule has 1 amide bonds. The van der Waals surface area contributed by atoms with E-state index in [1.165, 1.54) is 0 Å². The van der Waals surface area contributed by atoms with Gasteiger partial charge in [-0.05, 0) is 29.8 Å². The van der Waals surface area contributed by atoms with Crippen LogP contribution >= 0.6 is 0 Å². The van der Waals surface area contributed by atoms with Gasteiger partial charge < -0.3 is 11.1 Å². The summed E-state index contributed by atoms with van der Waals surface area (Å²) in [6, 6.07) is 15.9. The summed E-state index contributed by atoms with van der Waals surface area (Å²) in [4.78, 5) is 11.1. The molecule has 1 aliphatic heterocycles. The molecule has 4 N–H and O–H groups in total. The second kappa shape index (κ2) is 6.78. The Bertz CT molecular complexity index is 949. The first-order valence-corrected chi connectivity index (χ1v) is 8.89. The summed E-state index contributed by atoms with van der Waals surface area (Å²) in [5, 5.41) is 2.92. The van der Waals surface area contributed by atoms with E-state index in [0.29, 0.717) is 23.4 Å². The van der Waals surface area contributed by atoms with Crippen molar-refractivity contribution in [3.63, 3.8) is 0 Å². The van der Waals surface area contributed by atoms with Gasteiger partial charge in [-0.15, -0.1) is 4.40 Å². The molecule has 0 atom stereocenters. The van der Waals surface area contributed by atoms with Crippen LogP contribution in [0.3, 0.4) is 0 Å². The lowest BCUT2D eigenvalue weighted by molar-refractivity contribution is 0.100. The number of benzene rings is 2. The summed E-state index contributed by atoms with van der Waals surface area (Å²) >= 11 is 0. The number of hydrogen-bond acceptors (Lipinski definition) is 4. The number of anilines is 1. The van der Waals surface area contributed by atoms with Gasteiger partial charge in [0, 0.05) is 29.4 Å². The second-order valence-corrected chi connectivity index (χ2v) is 6.79. The van der Waals surface area contributed by atoms with Crippen LogP contribution in [0.5, 0.6) is 0 Å². The van der Waals surface area contributed by atoms with Crippen LogP contribution in [-0.4, -0.2) is 20.2 Å². The predicted octanol–water partition coefficient (Wildman–Crippen LogP) is 1.57. The van der Waals surface area contributed by atoms with Crippen LogP contribution in [0.1, 0.15) is 15.9 Å². The number of rotatable bonds is 4. The topological polar surface area (TPSA) is 114 Å². The van der Waals surface area contributed by atoms with Gasteiger partial charge in [0.15, 0.2) is 0 Å². The molecule has 0 saturated heterocycles. The van der Waals surface area contributed by atoms with Gasteiger partial charge in [-0.3, -0.25) is 9.52 Å². The van der Waals surface area contributed by atoms with Gasteiger partial charge in [0.2, 0.25) is 5.91 Å². The van der Waals surface area contributed by atoms with Crippen molar-refractivity contribution < 1.29 is 13.2 Å². The SMILES string of the molecule is NC(=O)c1ccc(NC2=NS(=O)(=O)NC(Cc3ccccc3)=C2)cc1. The molecule has 1 heterocycles. The third kappa shape index (κ3) is 4.45. The Labute approximate surface area is 145 Å². The van der Waals surface area contributed by atoms with Gasteiger partial charge >= 0.3 is 10.2 Å². The van der Waals surface area contributed by atoms with Crippen LogP contribution in [-0.2, 0) is 16.6 Å². The Morgan fingerprint density at radius 2 is 1.76 bits per heavy atom. The van der Waals surface area contributed by atoms with Crippen molar-refractivity contribution in [3.8, 4) is 0 Å². The quantitative estimate of drug-likeness (QED) is 0.771. The number of amidine groups is 1. The molecule has 2 aromatic carbocycles. The first-order valence-electron chi connectivity index (χ1n) is 7.45. The van der Waals surface area contributed by atoms with E-state index in [-0.39, 0.29) is 5.84 Å². The summed E-state index contributed by atoms with van der Waals surface area (Å²) in [7, 11) is -3.81. The van der Waals surface area contributed by atoms with Crippen molar-refractivity contribution in [2.45, 2.75) is 6.42 Å². The Hall–Kier alpha value is -3.13. The highest BCUT2D eigenvalue weighted by atomic mass is 32.2. The number of nitrogens with one attached hydrogen (secondary N) is 2. The zero-order valence-electron chi connectivity index (χ0n) is 13.1. The molecule has 7 nitrogen and oxygen atoms in total. The van der Waals surface area contributed by atoms with Crippen molar-refractivity contribution in [1.29, 1.82) is 0 Å². The maximum absolute atomic E-state index is 12.0. The van der Waals surface area contributed by atoms with Crippen LogP contribution in [0.25, 0.3) is 0 Å². The fraction of sp³-hybridized carbons (Fsp3) is 0.0588. The third-order valence-electron chi connectivity index (χ3n) is 3.47. The third-order valence-corrected chi connectivity index (χ3v) is 4.43. The number of primary amides is 1. The number of nitrogens with two attached hydrogens (primary N) is 1. The van der Waals surface area contributed by atoms with Crippen molar-refractivity contribution in [1.82, 2.24) is 4.72 Å². The number of nitrogens with zero attached hydrogens (tertiary/aromatic N) is 1. The molecule has 25 heavy (non-hydrogen) atoms. The molecule has 0 fully saturated rings. The van der Waals surface area contributed by atoms with Gasteiger partial charge in [0.1, 0.15) is 5.84 Å². The van der Waals surface area contributed by atoms with E-state index in [1.807, 2.05) is 30.3 Å². The molecule has 1 aliphatic rings. The van der Waals surface area contributed by atoms with Gasteiger partial charge in [0.25, 0.3) is 0 Å². The first-order chi connectivity index (χ1) is 11.9. The first kappa shape index (κ1) is 16.7. The molecule has 128 valence electrons. The highest BCUT2D eigenvalue weighted by Crippen LogP contribution is 2.14. The molecule has 0 unspecified atom stereocenters. The number of carbonyl (C=O) groups is 1. The Kier molecular flexibility index (Phi) is 4.53. The predicted molar refractivity (Wildman–Crippen MR) is 96.3 cm³/mol. The van der Waals surface area contributed by atoms with E-state index < -0.39 is 16.1 Å². The summed E-state index contributed by atoms with van der Waals surface area (Å²) in [6.07, 6.45) is 2.07. The molecule has 0 spiro atoms. The molecule has 0 bridgehead atoms. The van der Waals surface area contributed by atoms with Crippen LogP contribution in [0.4, 0.5) is 5.69 Å². The fourth-order valence-electron chi connectivity index (χ4n) is 2.37. The highest BCUT2D eigenvalue weighted by Gasteiger charge is 2.18. The molecule has 0 saturated carbocycles. The summed E-state index contributed by atoms with van der Waals surface area (Å²) in [5.74, 6) is -0.338. The standard InChI is InChI=1S/C17H16N4O3S/c18-17(22)13-6-8-14(9-7-13)19-16-11-15(20-25(23,24)21-16)10-12-4-2-1-3-5-12/h1-9,11,20H,10H2,(H2,18,22)(H,19,21). The van der Waals surface area contributed by atoms with Gasteiger partial charge in [-0.25, -0.2) is 0 Å². The van der Waals surface area contributed by atoms with Crippen LogP contribution in [0.15, 0.2) is 70.8 Å². The Morgan fingerprint density at radius 3 is 2.40 bits per heavy atom. The van der Waals surface area contributed by atoms with Gasteiger partial charge in [0.05, 0.1) is 0 Å². The number of amides is 1. The van der Waals surface area contributed by atoms with Crippen molar-refractivity contribution in [2.24, 2.45) is 10.1 Å².